The van der Waals surface area contributed by atoms with E-state index in [0.717, 1.165) is 11.1 Å². The fourth-order valence-electron chi connectivity index (χ4n) is 3.41. The number of nitrogens with zero attached hydrogens (tertiary/aromatic N) is 1. The van der Waals surface area contributed by atoms with Gasteiger partial charge < -0.3 is 19.7 Å². The van der Waals surface area contributed by atoms with E-state index in [1.165, 1.54) is 0 Å². The van der Waals surface area contributed by atoms with Crippen LogP contribution in [0.2, 0.25) is 0 Å². The number of carbonyl (C=O) groups excluding carboxylic acids is 2. The average Bonchev–Trinajstić information content (AvgIpc) is 3.09. The topological polar surface area (TPSA) is 67.9 Å². The molecule has 1 fully saturated rings. The van der Waals surface area contributed by atoms with Gasteiger partial charge in [-0.1, -0.05) is 36.4 Å². The standard InChI is InChI=1S/C22H26N2O4/c1-27-19-9-8-16(12-20(19)28-2)10-11-23-22(26)18-13-21(25)24(15-18)14-17-6-4-3-5-7-17/h3-9,12,18H,10-11,13-15H2,1-2H3,(H,23,26)/t18-/m0/s1. The molecule has 28 heavy (non-hydrogen) atoms. The van der Waals surface area contributed by atoms with Gasteiger partial charge in [-0.25, -0.2) is 0 Å². The zero-order valence-corrected chi connectivity index (χ0v) is 16.3. The average molecular weight is 382 g/mol. The molecule has 0 bridgehead atoms. The summed E-state index contributed by atoms with van der Waals surface area (Å²) in [6.45, 7) is 1.53. The minimum absolute atomic E-state index is 0.0314. The van der Waals surface area contributed by atoms with Crippen LogP contribution in [-0.4, -0.2) is 44.0 Å². The molecule has 1 atom stereocenters. The summed E-state index contributed by atoms with van der Waals surface area (Å²) in [6, 6.07) is 15.5. The van der Waals surface area contributed by atoms with Gasteiger partial charge in [0.05, 0.1) is 20.1 Å². The first kappa shape index (κ1) is 19.7. The van der Waals surface area contributed by atoms with Crippen molar-refractivity contribution in [2.24, 2.45) is 5.92 Å². The third-order valence-electron chi connectivity index (χ3n) is 4.96. The van der Waals surface area contributed by atoms with E-state index < -0.39 is 0 Å². The SMILES string of the molecule is COc1ccc(CCNC(=O)[C@H]2CC(=O)N(Cc3ccccc3)C2)cc1OC. The maximum atomic E-state index is 12.5. The second-order valence-corrected chi connectivity index (χ2v) is 6.89. The van der Waals surface area contributed by atoms with Crippen molar-refractivity contribution in [3.8, 4) is 11.5 Å². The van der Waals surface area contributed by atoms with Crippen molar-refractivity contribution in [3.63, 3.8) is 0 Å². The molecule has 6 heteroatoms. The molecule has 3 rings (SSSR count). The molecule has 0 spiro atoms. The summed E-state index contributed by atoms with van der Waals surface area (Å²) in [5.74, 6) is 1.03. The lowest BCUT2D eigenvalue weighted by Crippen LogP contribution is -2.34. The van der Waals surface area contributed by atoms with Gasteiger partial charge in [0, 0.05) is 26.1 Å². The van der Waals surface area contributed by atoms with Gasteiger partial charge in [0.15, 0.2) is 11.5 Å². The molecular formula is C22H26N2O4. The summed E-state index contributed by atoms with van der Waals surface area (Å²) in [6.07, 6.45) is 0.954. The predicted octanol–water partition coefficient (Wildman–Crippen LogP) is 2.41. The smallest absolute Gasteiger partial charge is 0.225 e. The van der Waals surface area contributed by atoms with Gasteiger partial charge in [-0.05, 0) is 29.7 Å². The summed E-state index contributed by atoms with van der Waals surface area (Å²) in [7, 11) is 3.20. The second-order valence-electron chi connectivity index (χ2n) is 6.89. The lowest BCUT2D eigenvalue weighted by atomic mass is 10.1. The molecule has 2 aromatic carbocycles. The van der Waals surface area contributed by atoms with Crippen LogP contribution < -0.4 is 14.8 Å². The predicted molar refractivity (Wildman–Crippen MR) is 106 cm³/mol. The number of amides is 2. The Bertz CT molecular complexity index is 823. The number of hydrogen-bond donors (Lipinski definition) is 1. The molecule has 148 valence electrons. The molecule has 1 aliphatic heterocycles. The highest BCUT2D eigenvalue weighted by molar-refractivity contribution is 5.89. The van der Waals surface area contributed by atoms with Gasteiger partial charge in [-0.2, -0.15) is 0 Å². The molecule has 2 amide bonds. The molecule has 2 aromatic rings. The number of nitrogens with one attached hydrogen (secondary N) is 1. The van der Waals surface area contributed by atoms with Crippen LogP contribution in [0.4, 0.5) is 0 Å². The molecule has 0 unspecified atom stereocenters. The summed E-state index contributed by atoms with van der Waals surface area (Å²) in [4.78, 5) is 26.5. The lowest BCUT2D eigenvalue weighted by molar-refractivity contribution is -0.129. The Kier molecular flexibility index (Phi) is 6.53. The zero-order chi connectivity index (χ0) is 19.9. The van der Waals surface area contributed by atoms with Gasteiger partial charge >= 0.3 is 0 Å². The summed E-state index contributed by atoms with van der Waals surface area (Å²) >= 11 is 0. The minimum atomic E-state index is -0.290. The van der Waals surface area contributed by atoms with Crippen molar-refractivity contribution in [3.05, 3.63) is 59.7 Å². The fourth-order valence-corrected chi connectivity index (χ4v) is 3.41. The third-order valence-corrected chi connectivity index (χ3v) is 4.96. The Labute approximate surface area is 165 Å². The number of rotatable bonds is 8. The van der Waals surface area contributed by atoms with E-state index in [9.17, 15) is 9.59 Å². The monoisotopic (exact) mass is 382 g/mol. The number of methoxy groups -OCH3 is 2. The largest absolute Gasteiger partial charge is 0.493 e. The van der Waals surface area contributed by atoms with Crippen LogP contribution in [-0.2, 0) is 22.6 Å². The van der Waals surface area contributed by atoms with Crippen molar-refractivity contribution in [2.75, 3.05) is 27.3 Å². The lowest BCUT2D eigenvalue weighted by Gasteiger charge is -2.16. The molecule has 0 radical (unpaired) electrons. The van der Waals surface area contributed by atoms with E-state index in [0.29, 0.717) is 37.6 Å². The number of likely N-dealkylation sites (tertiary alicyclic amines) is 1. The molecule has 0 saturated carbocycles. The second kappa shape index (κ2) is 9.26. The van der Waals surface area contributed by atoms with Gasteiger partial charge in [-0.15, -0.1) is 0 Å². The van der Waals surface area contributed by atoms with Crippen molar-refractivity contribution in [1.29, 1.82) is 0 Å². The number of benzene rings is 2. The van der Waals surface area contributed by atoms with Gasteiger partial charge in [-0.3, -0.25) is 9.59 Å². The molecule has 1 saturated heterocycles. The van der Waals surface area contributed by atoms with Crippen LogP contribution in [0.5, 0.6) is 11.5 Å². The molecular weight excluding hydrogens is 356 g/mol. The molecule has 0 aromatic heterocycles. The Morgan fingerprint density at radius 1 is 1.07 bits per heavy atom. The van der Waals surface area contributed by atoms with Crippen LogP contribution in [0, 0.1) is 5.92 Å². The Morgan fingerprint density at radius 2 is 1.82 bits per heavy atom. The highest BCUT2D eigenvalue weighted by atomic mass is 16.5. The maximum absolute atomic E-state index is 12.5. The summed E-state index contributed by atoms with van der Waals surface area (Å²) in [5.41, 5.74) is 2.12. The van der Waals surface area contributed by atoms with E-state index >= 15 is 0 Å². The first-order valence-corrected chi connectivity index (χ1v) is 9.41. The van der Waals surface area contributed by atoms with Crippen molar-refractivity contribution in [2.45, 2.75) is 19.4 Å². The van der Waals surface area contributed by atoms with Crippen LogP contribution in [0.1, 0.15) is 17.5 Å². The van der Waals surface area contributed by atoms with Gasteiger partial charge in [0.2, 0.25) is 11.8 Å². The van der Waals surface area contributed by atoms with Crippen LogP contribution in [0.3, 0.4) is 0 Å². The van der Waals surface area contributed by atoms with Crippen LogP contribution in [0.15, 0.2) is 48.5 Å². The molecule has 1 aliphatic rings. The van der Waals surface area contributed by atoms with E-state index in [2.05, 4.69) is 5.32 Å². The van der Waals surface area contributed by atoms with Crippen LogP contribution in [0.25, 0.3) is 0 Å². The molecule has 6 nitrogen and oxygen atoms in total. The summed E-state index contributed by atoms with van der Waals surface area (Å²) < 4.78 is 10.5. The highest BCUT2D eigenvalue weighted by Crippen LogP contribution is 2.27. The fraction of sp³-hybridized carbons (Fsp3) is 0.364. The zero-order valence-electron chi connectivity index (χ0n) is 16.3. The van der Waals surface area contributed by atoms with Crippen molar-refractivity contribution < 1.29 is 19.1 Å². The Balaban J connectivity index is 1.48. The molecule has 1 heterocycles. The van der Waals surface area contributed by atoms with Crippen LogP contribution >= 0.6 is 0 Å². The summed E-state index contributed by atoms with van der Waals surface area (Å²) in [5, 5.41) is 2.95. The Morgan fingerprint density at radius 3 is 2.54 bits per heavy atom. The molecule has 0 aliphatic carbocycles. The van der Waals surface area contributed by atoms with E-state index in [4.69, 9.17) is 9.47 Å². The van der Waals surface area contributed by atoms with Gasteiger partial charge in [0.25, 0.3) is 0 Å². The van der Waals surface area contributed by atoms with E-state index in [-0.39, 0.29) is 24.2 Å². The highest BCUT2D eigenvalue weighted by Gasteiger charge is 2.33. The molecule has 1 N–H and O–H groups in total. The first-order valence-electron chi connectivity index (χ1n) is 9.41. The number of ether oxygens (including phenoxy) is 2. The van der Waals surface area contributed by atoms with Crippen molar-refractivity contribution in [1.82, 2.24) is 10.2 Å². The third kappa shape index (κ3) is 4.82. The minimum Gasteiger partial charge on any atom is -0.493 e. The quantitative estimate of drug-likeness (QED) is 0.761. The van der Waals surface area contributed by atoms with Crippen molar-refractivity contribution >= 4 is 11.8 Å². The normalized spacial score (nSPS) is 16.1. The van der Waals surface area contributed by atoms with Gasteiger partial charge in [0.1, 0.15) is 0 Å². The first-order chi connectivity index (χ1) is 13.6. The number of hydrogen-bond acceptors (Lipinski definition) is 4. The number of carbonyl (C=O) groups is 2. The van der Waals surface area contributed by atoms with E-state index in [1.807, 2.05) is 48.5 Å². The Hall–Kier alpha value is -3.02. The maximum Gasteiger partial charge on any atom is 0.225 e. The van der Waals surface area contributed by atoms with E-state index in [1.54, 1.807) is 19.1 Å².